The van der Waals surface area contributed by atoms with Gasteiger partial charge in [0.1, 0.15) is 9.88 Å². The molecule has 2 aromatic rings. The van der Waals surface area contributed by atoms with Crippen LogP contribution in [0, 0.1) is 6.92 Å². The maximum Gasteiger partial charge on any atom is 0.351 e. The van der Waals surface area contributed by atoms with Crippen LogP contribution >= 0.6 is 22.9 Å². The largest absolute Gasteiger partial charge is 0.448 e. The molecule has 0 bridgehead atoms. The Kier molecular flexibility index (Phi) is 5.85. The third kappa shape index (κ3) is 5.28. The Morgan fingerprint density at radius 2 is 2.00 bits per heavy atom. The van der Waals surface area contributed by atoms with E-state index in [0.29, 0.717) is 20.6 Å². The molecule has 5 nitrogen and oxygen atoms in total. The molecule has 0 aliphatic rings. The van der Waals surface area contributed by atoms with Crippen LogP contribution < -0.4 is 5.32 Å². The van der Waals surface area contributed by atoms with E-state index in [4.69, 9.17) is 16.3 Å². The first kappa shape index (κ1) is 19.4. The minimum Gasteiger partial charge on any atom is -0.448 e. The summed E-state index contributed by atoms with van der Waals surface area (Å²) in [4.78, 5) is 29.3. The zero-order chi connectivity index (χ0) is 18.8. The number of amides is 1. The third-order valence-corrected chi connectivity index (χ3v) is 4.63. The molecule has 1 aromatic heterocycles. The van der Waals surface area contributed by atoms with E-state index in [1.807, 2.05) is 32.9 Å². The van der Waals surface area contributed by atoms with Gasteiger partial charge in [-0.2, -0.15) is 0 Å². The van der Waals surface area contributed by atoms with Crippen molar-refractivity contribution < 1.29 is 14.3 Å². The molecular formula is C18H21ClN2O3S. The number of carbonyl (C=O) groups is 2. The number of aryl methyl sites for hydroxylation is 1. The van der Waals surface area contributed by atoms with E-state index in [-0.39, 0.29) is 5.91 Å². The summed E-state index contributed by atoms with van der Waals surface area (Å²) in [5.41, 5.74) is 1.00. The lowest BCUT2D eigenvalue weighted by Gasteiger charge is -2.23. The first-order valence-corrected chi connectivity index (χ1v) is 9.02. The molecule has 1 N–H and O–H groups in total. The molecule has 1 amide bonds. The number of benzene rings is 1. The number of thiazole rings is 1. The molecule has 0 saturated heterocycles. The smallest absolute Gasteiger partial charge is 0.351 e. The van der Waals surface area contributed by atoms with E-state index in [1.54, 1.807) is 26.0 Å². The Labute approximate surface area is 156 Å². The van der Waals surface area contributed by atoms with E-state index in [2.05, 4.69) is 10.3 Å². The Hall–Kier alpha value is -1.92. The summed E-state index contributed by atoms with van der Waals surface area (Å²) in [6.07, 6.45) is -0.886. The maximum atomic E-state index is 12.4. The van der Waals surface area contributed by atoms with Crippen LogP contribution in [0.2, 0.25) is 5.02 Å². The molecule has 0 aliphatic carbocycles. The van der Waals surface area contributed by atoms with Crippen LogP contribution in [0.5, 0.6) is 0 Å². The van der Waals surface area contributed by atoms with Crippen molar-refractivity contribution in [3.63, 3.8) is 0 Å². The Morgan fingerprint density at radius 1 is 1.32 bits per heavy atom. The predicted octanol–water partition coefficient (Wildman–Crippen LogP) is 4.23. The van der Waals surface area contributed by atoms with Crippen LogP contribution in [-0.2, 0) is 9.53 Å². The highest BCUT2D eigenvalue weighted by Gasteiger charge is 2.25. The molecule has 134 valence electrons. The minimum atomic E-state index is -0.886. The van der Waals surface area contributed by atoms with E-state index in [1.165, 1.54) is 11.3 Å². The number of nitrogens with zero attached hydrogens (tertiary/aromatic N) is 1. The predicted molar refractivity (Wildman–Crippen MR) is 100 cm³/mol. The number of nitrogens with one attached hydrogen (secondary N) is 1. The summed E-state index contributed by atoms with van der Waals surface area (Å²) in [5, 5.41) is 4.06. The number of rotatable bonds is 4. The van der Waals surface area contributed by atoms with Crippen molar-refractivity contribution >= 4 is 34.8 Å². The van der Waals surface area contributed by atoms with Crippen LogP contribution in [0.1, 0.15) is 43.1 Å². The standard InChI is InChI=1S/C18H21ClN2O3S/c1-10-14(17(23)24-11(2)15(22)21-18(3,4)5)25-16(20-10)12-7-6-8-13(19)9-12/h6-9,11H,1-5H3,(H,21,22)/t11-/m1/s1. The number of esters is 1. The molecule has 0 unspecified atom stereocenters. The van der Waals surface area contributed by atoms with Crippen molar-refractivity contribution in [3.8, 4) is 10.6 Å². The lowest BCUT2D eigenvalue weighted by Crippen LogP contribution is -2.46. The normalized spacial score (nSPS) is 12.6. The quantitative estimate of drug-likeness (QED) is 0.806. The first-order chi connectivity index (χ1) is 11.6. The van der Waals surface area contributed by atoms with Gasteiger partial charge in [0.15, 0.2) is 6.10 Å². The average Bonchev–Trinajstić information content (AvgIpc) is 2.87. The maximum absolute atomic E-state index is 12.4. The topological polar surface area (TPSA) is 68.3 Å². The minimum absolute atomic E-state index is 0.335. The van der Waals surface area contributed by atoms with Crippen LogP contribution in [0.3, 0.4) is 0 Å². The highest BCUT2D eigenvalue weighted by Crippen LogP contribution is 2.30. The molecule has 0 aliphatic heterocycles. The van der Waals surface area contributed by atoms with Gasteiger partial charge in [0.05, 0.1) is 5.69 Å². The summed E-state index contributed by atoms with van der Waals surface area (Å²) >= 11 is 7.22. The van der Waals surface area contributed by atoms with Gasteiger partial charge >= 0.3 is 5.97 Å². The van der Waals surface area contributed by atoms with Crippen molar-refractivity contribution in [1.82, 2.24) is 10.3 Å². The van der Waals surface area contributed by atoms with Crippen LogP contribution in [-0.4, -0.2) is 28.5 Å². The Balaban J connectivity index is 2.14. The van der Waals surface area contributed by atoms with Gasteiger partial charge in [0, 0.05) is 16.1 Å². The summed E-state index contributed by atoms with van der Waals surface area (Å²) in [7, 11) is 0. The van der Waals surface area contributed by atoms with E-state index < -0.39 is 17.6 Å². The van der Waals surface area contributed by atoms with Crippen molar-refractivity contribution in [3.05, 3.63) is 39.9 Å². The second-order valence-electron chi connectivity index (χ2n) is 6.73. The number of hydrogen-bond donors (Lipinski definition) is 1. The number of halogens is 1. The number of carbonyl (C=O) groups excluding carboxylic acids is 2. The molecule has 7 heteroatoms. The lowest BCUT2D eigenvalue weighted by atomic mass is 10.1. The van der Waals surface area contributed by atoms with Crippen molar-refractivity contribution in [1.29, 1.82) is 0 Å². The fourth-order valence-corrected chi connectivity index (χ4v) is 3.21. The summed E-state index contributed by atoms with van der Waals surface area (Å²) in [6.45, 7) is 8.88. The molecular weight excluding hydrogens is 360 g/mol. The zero-order valence-electron chi connectivity index (χ0n) is 14.8. The monoisotopic (exact) mass is 380 g/mol. The SMILES string of the molecule is Cc1nc(-c2cccc(Cl)c2)sc1C(=O)O[C@H](C)C(=O)NC(C)(C)C. The van der Waals surface area contributed by atoms with Crippen LogP contribution in [0.25, 0.3) is 10.6 Å². The van der Waals surface area contributed by atoms with Crippen LogP contribution in [0.15, 0.2) is 24.3 Å². The molecule has 0 radical (unpaired) electrons. The Bertz CT molecular complexity index is 796. The van der Waals surface area contributed by atoms with Gasteiger partial charge in [-0.3, -0.25) is 4.79 Å². The summed E-state index contributed by atoms with van der Waals surface area (Å²) in [5.74, 6) is -0.891. The molecule has 0 saturated carbocycles. The number of ether oxygens (including phenoxy) is 1. The van der Waals surface area contributed by atoms with Crippen LogP contribution in [0.4, 0.5) is 0 Å². The fraction of sp³-hybridized carbons (Fsp3) is 0.389. The lowest BCUT2D eigenvalue weighted by molar-refractivity contribution is -0.130. The van der Waals surface area contributed by atoms with Gasteiger partial charge in [0.25, 0.3) is 5.91 Å². The van der Waals surface area contributed by atoms with Crippen molar-refractivity contribution in [2.75, 3.05) is 0 Å². The van der Waals surface area contributed by atoms with Gasteiger partial charge in [-0.15, -0.1) is 11.3 Å². The summed E-state index contributed by atoms with van der Waals surface area (Å²) < 4.78 is 5.29. The molecule has 1 aromatic carbocycles. The molecule has 1 heterocycles. The molecule has 25 heavy (non-hydrogen) atoms. The molecule has 0 spiro atoms. The van der Waals surface area contributed by atoms with Gasteiger partial charge in [0.2, 0.25) is 0 Å². The van der Waals surface area contributed by atoms with E-state index in [0.717, 1.165) is 5.56 Å². The fourth-order valence-electron chi connectivity index (χ4n) is 2.07. The van der Waals surface area contributed by atoms with Gasteiger partial charge in [-0.25, -0.2) is 9.78 Å². The van der Waals surface area contributed by atoms with Crippen molar-refractivity contribution in [2.24, 2.45) is 0 Å². The zero-order valence-corrected chi connectivity index (χ0v) is 16.4. The van der Waals surface area contributed by atoms with E-state index in [9.17, 15) is 9.59 Å². The highest BCUT2D eigenvalue weighted by molar-refractivity contribution is 7.17. The molecule has 2 rings (SSSR count). The molecule has 1 atom stereocenters. The third-order valence-electron chi connectivity index (χ3n) is 3.20. The summed E-state index contributed by atoms with van der Waals surface area (Å²) in [6, 6.07) is 7.26. The second kappa shape index (κ2) is 7.54. The average molecular weight is 381 g/mol. The first-order valence-electron chi connectivity index (χ1n) is 7.83. The van der Waals surface area contributed by atoms with Gasteiger partial charge in [-0.05, 0) is 46.8 Å². The number of hydrogen-bond acceptors (Lipinski definition) is 5. The highest BCUT2D eigenvalue weighted by atomic mass is 35.5. The molecule has 0 fully saturated rings. The van der Waals surface area contributed by atoms with E-state index >= 15 is 0 Å². The van der Waals surface area contributed by atoms with Crippen molar-refractivity contribution in [2.45, 2.75) is 46.3 Å². The van der Waals surface area contributed by atoms with Gasteiger partial charge < -0.3 is 10.1 Å². The number of aromatic nitrogens is 1. The van der Waals surface area contributed by atoms with Gasteiger partial charge in [-0.1, -0.05) is 23.7 Å². The Morgan fingerprint density at radius 3 is 2.60 bits per heavy atom. The second-order valence-corrected chi connectivity index (χ2v) is 8.17.